The van der Waals surface area contributed by atoms with Gasteiger partial charge in [0.15, 0.2) is 0 Å². The lowest BCUT2D eigenvalue weighted by Gasteiger charge is -2.23. The molecule has 0 saturated heterocycles. The monoisotopic (exact) mass is 320 g/mol. The van der Waals surface area contributed by atoms with Crippen molar-refractivity contribution >= 4 is 11.6 Å². The maximum atomic E-state index is 12.6. The van der Waals surface area contributed by atoms with Gasteiger partial charge in [0.2, 0.25) is 5.91 Å². The van der Waals surface area contributed by atoms with E-state index in [1.54, 1.807) is 18.1 Å². The van der Waals surface area contributed by atoms with E-state index in [2.05, 4.69) is 10.2 Å². The van der Waals surface area contributed by atoms with Crippen LogP contribution in [0.5, 0.6) is 0 Å². The fourth-order valence-corrected chi connectivity index (χ4v) is 2.42. The van der Waals surface area contributed by atoms with E-state index in [1.807, 2.05) is 24.6 Å². The van der Waals surface area contributed by atoms with Gasteiger partial charge in [0.1, 0.15) is 18.4 Å². The highest BCUT2D eigenvalue weighted by atomic mass is 16.6. The third-order valence-electron chi connectivity index (χ3n) is 3.67. The number of likely N-dealkylation sites (N-methyl/N-ethyl adjacent to an activating group) is 1. The molecule has 0 N–H and O–H groups in total. The second kappa shape index (κ2) is 7.03. The average molecular weight is 320 g/mol. The first-order valence-electron chi connectivity index (χ1n) is 7.42. The van der Waals surface area contributed by atoms with Crippen LogP contribution in [0.2, 0.25) is 0 Å². The summed E-state index contributed by atoms with van der Waals surface area (Å²) in [7, 11) is 1.70. The van der Waals surface area contributed by atoms with E-state index in [4.69, 9.17) is 0 Å². The minimum absolute atomic E-state index is 0.122. The van der Waals surface area contributed by atoms with Crippen molar-refractivity contribution in [3.05, 3.63) is 40.5 Å². The molecule has 0 bridgehead atoms. The van der Waals surface area contributed by atoms with Gasteiger partial charge in [-0.15, -0.1) is 0 Å². The first kappa shape index (κ1) is 16.7. The zero-order valence-corrected chi connectivity index (χ0v) is 13.4. The predicted octanol–water partition coefficient (Wildman–Crippen LogP) is 1.62. The van der Waals surface area contributed by atoms with E-state index in [0.29, 0.717) is 13.0 Å². The highest BCUT2D eigenvalue weighted by Gasteiger charge is 2.25. The summed E-state index contributed by atoms with van der Waals surface area (Å²) in [5, 5.41) is 18.9. The van der Waals surface area contributed by atoms with Gasteiger partial charge in [-0.3, -0.25) is 24.3 Å². The van der Waals surface area contributed by atoms with Crippen LogP contribution in [-0.2, 0) is 17.9 Å². The van der Waals surface area contributed by atoms with Crippen molar-refractivity contribution in [2.45, 2.75) is 39.4 Å². The average Bonchev–Trinajstić information content (AvgIpc) is 3.17. The van der Waals surface area contributed by atoms with Crippen LogP contribution < -0.4 is 0 Å². The van der Waals surface area contributed by atoms with Crippen LogP contribution in [0.3, 0.4) is 0 Å². The molecule has 2 rings (SSSR count). The first-order valence-corrected chi connectivity index (χ1v) is 7.42. The highest BCUT2D eigenvalue weighted by molar-refractivity contribution is 5.80. The summed E-state index contributed by atoms with van der Waals surface area (Å²) in [4.78, 5) is 24.5. The van der Waals surface area contributed by atoms with E-state index in [0.717, 1.165) is 18.4 Å². The summed E-state index contributed by atoms with van der Waals surface area (Å²) >= 11 is 0. The lowest BCUT2D eigenvalue weighted by atomic mass is 10.2. The van der Waals surface area contributed by atoms with E-state index in [1.165, 1.54) is 10.9 Å². The van der Waals surface area contributed by atoms with Crippen LogP contribution >= 0.6 is 0 Å². The molecule has 0 aliphatic carbocycles. The molecule has 2 heterocycles. The molecule has 0 aromatic carbocycles. The number of aryl methyl sites for hydroxylation is 1. The highest BCUT2D eigenvalue weighted by Crippen LogP contribution is 2.18. The van der Waals surface area contributed by atoms with E-state index in [9.17, 15) is 14.9 Å². The Kier molecular flexibility index (Phi) is 5.09. The number of amides is 1. The number of carbonyl (C=O) groups excluding carboxylic acids is 1. The van der Waals surface area contributed by atoms with Crippen LogP contribution in [0.25, 0.3) is 0 Å². The number of hydrogen-bond donors (Lipinski definition) is 0. The fraction of sp³-hybridized carbons (Fsp3) is 0.500. The van der Waals surface area contributed by atoms with Crippen LogP contribution in [0.15, 0.2) is 24.7 Å². The Morgan fingerprint density at radius 2 is 2.17 bits per heavy atom. The van der Waals surface area contributed by atoms with Gasteiger partial charge in [0, 0.05) is 19.8 Å². The standard InChI is InChI=1S/C14H20N6O3/c1-4-13(19-10-12(8-16-19)20(22)23)14(21)17(3)9-11-6-7-15-18(11)5-2/h6-8,10,13H,4-5,9H2,1-3H3. The topological polar surface area (TPSA) is 99.1 Å². The zero-order valence-electron chi connectivity index (χ0n) is 13.4. The quantitative estimate of drug-likeness (QED) is 0.570. The van der Waals surface area contributed by atoms with Gasteiger partial charge in [-0.25, -0.2) is 0 Å². The maximum absolute atomic E-state index is 12.6. The van der Waals surface area contributed by atoms with Crippen LogP contribution in [-0.4, -0.2) is 42.3 Å². The minimum atomic E-state index is -0.563. The Labute approximate surface area is 133 Å². The third kappa shape index (κ3) is 3.55. The molecule has 0 aliphatic heterocycles. The van der Waals surface area contributed by atoms with Crippen molar-refractivity contribution in [3.63, 3.8) is 0 Å². The summed E-state index contributed by atoms with van der Waals surface area (Å²) in [6.07, 6.45) is 4.64. The number of nitro groups is 1. The van der Waals surface area contributed by atoms with Crippen LogP contribution in [0.1, 0.15) is 32.0 Å². The summed E-state index contributed by atoms with van der Waals surface area (Å²) < 4.78 is 3.18. The largest absolute Gasteiger partial charge is 0.338 e. The molecule has 1 atom stereocenters. The Balaban J connectivity index is 2.13. The molecular weight excluding hydrogens is 300 g/mol. The zero-order chi connectivity index (χ0) is 17.0. The van der Waals surface area contributed by atoms with Gasteiger partial charge in [0.25, 0.3) is 0 Å². The molecular formula is C14H20N6O3. The number of hydrogen-bond acceptors (Lipinski definition) is 5. The molecule has 0 aliphatic rings. The van der Waals surface area contributed by atoms with Crippen molar-refractivity contribution in [2.75, 3.05) is 7.05 Å². The molecule has 9 nitrogen and oxygen atoms in total. The number of rotatable bonds is 7. The van der Waals surface area contributed by atoms with E-state index < -0.39 is 11.0 Å². The summed E-state index contributed by atoms with van der Waals surface area (Å²) in [6, 6.07) is 1.30. The lowest BCUT2D eigenvalue weighted by molar-refractivity contribution is -0.385. The van der Waals surface area contributed by atoms with Crippen molar-refractivity contribution in [1.29, 1.82) is 0 Å². The van der Waals surface area contributed by atoms with Crippen molar-refractivity contribution in [2.24, 2.45) is 0 Å². The Bertz CT molecular complexity index is 692. The van der Waals surface area contributed by atoms with Crippen LogP contribution in [0, 0.1) is 10.1 Å². The third-order valence-corrected chi connectivity index (χ3v) is 3.67. The Hall–Kier alpha value is -2.71. The van der Waals surface area contributed by atoms with Gasteiger partial charge in [-0.1, -0.05) is 6.92 Å². The molecule has 124 valence electrons. The molecule has 1 amide bonds. The Morgan fingerprint density at radius 1 is 1.43 bits per heavy atom. The van der Waals surface area contributed by atoms with Gasteiger partial charge in [-0.05, 0) is 19.4 Å². The Morgan fingerprint density at radius 3 is 2.74 bits per heavy atom. The molecule has 2 aromatic heterocycles. The summed E-state index contributed by atoms with van der Waals surface area (Å²) in [5.74, 6) is -0.144. The fourth-order valence-electron chi connectivity index (χ4n) is 2.42. The van der Waals surface area contributed by atoms with E-state index >= 15 is 0 Å². The second-order valence-electron chi connectivity index (χ2n) is 5.19. The first-order chi connectivity index (χ1) is 11.0. The smallest absolute Gasteiger partial charge is 0.307 e. The molecule has 2 aromatic rings. The molecule has 23 heavy (non-hydrogen) atoms. The van der Waals surface area contributed by atoms with E-state index in [-0.39, 0.29) is 11.6 Å². The summed E-state index contributed by atoms with van der Waals surface area (Å²) in [5.41, 5.74) is 0.813. The van der Waals surface area contributed by atoms with Gasteiger partial charge in [-0.2, -0.15) is 10.2 Å². The molecule has 0 radical (unpaired) electrons. The minimum Gasteiger partial charge on any atom is -0.338 e. The lowest BCUT2D eigenvalue weighted by Crippen LogP contribution is -2.34. The number of aromatic nitrogens is 4. The summed E-state index contributed by atoms with van der Waals surface area (Å²) in [6.45, 7) is 4.98. The molecule has 0 saturated carbocycles. The van der Waals surface area contributed by atoms with Crippen LogP contribution in [0.4, 0.5) is 5.69 Å². The van der Waals surface area contributed by atoms with Gasteiger partial charge >= 0.3 is 5.69 Å². The molecule has 9 heteroatoms. The maximum Gasteiger partial charge on any atom is 0.307 e. The van der Waals surface area contributed by atoms with Gasteiger partial charge < -0.3 is 4.90 Å². The van der Waals surface area contributed by atoms with Crippen molar-refractivity contribution < 1.29 is 9.72 Å². The van der Waals surface area contributed by atoms with Gasteiger partial charge in [0.05, 0.1) is 17.2 Å². The van der Waals surface area contributed by atoms with Crippen molar-refractivity contribution in [1.82, 2.24) is 24.5 Å². The normalized spacial score (nSPS) is 12.1. The SMILES string of the molecule is CCC(C(=O)N(C)Cc1ccnn1CC)n1cc([N+](=O)[O-])cn1. The number of nitrogens with zero attached hydrogens (tertiary/aromatic N) is 6. The molecule has 0 fully saturated rings. The predicted molar refractivity (Wildman–Crippen MR) is 82.6 cm³/mol. The molecule has 1 unspecified atom stereocenters. The number of carbonyl (C=O) groups is 1. The van der Waals surface area contributed by atoms with Crippen molar-refractivity contribution in [3.8, 4) is 0 Å². The molecule has 0 spiro atoms. The second-order valence-corrected chi connectivity index (χ2v) is 5.19.